The van der Waals surface area contributed by atoms with E-state index in [9.17, 15) is 4.79 Å². The van der Waals surface area contributed by atoms with Crippen LogP contribution in [0.25, 0.3) is 0 Å². The average molecular weight is 333 g/mol. The maximum absolute atomic E-state index is 12.7. The van der Waals surface area contributed by atoms with Gasteiger partial charge in [-0.15, -0.1) is 0 Å². The highest BCUT2D eigenvalue weighted by Crippen LogP contribution is 2.21. The lowest BCUT2D eigenvalue weighted by atomic mass is 10.2. The lowest BCUT2D eigenvalue weighted by Gasteiger charge is -2.36. The summed E-state index contributed by atoms with van der Waals surface area (Å²) in [5, 5.41) is 7.00. The van der Waals surface area contributed by atoms with Crippen LogP contribution < -0.4 is 0 Å². The number of likely N-dealkylation sites (N-methyl/N-ethyl adjacent to an activating group) is 1. The number of hydrogen-bond donors (Lipinski definition) is 1. The summed E-state index contributed by atoms with van der Waals surface area (Å²) in [5.74, 6) is 2.22. The second-order valence-corrected chi connectivity index (χ2v) is 6.08. The summed E-state index contributed by atoms with van der Waals surface area (Å²) in [5.41, 5.74) is 0. The van der Waals surface area contributed by atoms with Gasteiger partial charge >= 0.3 is 0 Å². The molecule has 0 saturated carbocycles. The van der Waals surface area contributed by atoms with Crippen LogP contribution in [0, 0.1) is 6.92 Å². The number of aromatic amines is 1. The van der Waals surface area contributed by atoms with Crippen molar-refractivity contribution in [1.82, 2.24) is 25.0 Å². The van der Waals surface area contributed by atoms with Gasteiger partial charge in [0.25, 0.3) is 0 Å². The van der Waals surface area contributed by atoms with Crippen molar-refractivity contribution >= 4 is 5.91 Å². The Labute approximate surface area is 140 Å². The Morgan fingerprint density at radius 3 is 3.08 bits per heavy atom. The summed E-state index contributed by atoms with van der Waals surface area (Å²) in [4.78, 5) is 20.8. The number of rotatable bonds is 5. The first-order chi connectivity index (χ1) is 11.5. The Morgan fingerprint density at radius 1 is 1.58 bits per heavy atom. The van der Waals surface area contributed by atoms with Crippen molar-refractivity contribution in [2.75, 3.05) is 26.7 Å². The molecule has 0 aliphatic carbocycles. The predicted molar refractivity (Wildman–Crippen MR) is 86.0 cm³/mol. The number of hydrogen-bond acceptors (Lipinski definition) is 6. The molecule has 0 unspecified atom stereocenters. The third-order valence-electron chi connectivity index (χ3n) is 4.25. The highest BCUT2D eigenvalue weighted by atomic mass is 16.5. The van der Waals surface area contributed by atoms with Gasteiger partial charge in [0.1, 0.15) is 17.7 Å². The van der Waals surface area contributed by atoms with Gasteiger partial charge in [-0.3, -0.25) is 14.8 Å². The molecule has 1 saturated heterocycles. The van der Waals surface area contributed by atoms with E-state index in [-0.39, 0.29) is 18.1 Å². The molecule has 2 atom stereocenters. The number of H-pyrrole nitrogens is 1. The van der Waals surface area contributed by atoms with Crippen LogP contribution in [-0.4, -0.2) is 63.7 Å². The Kier molecular flexibility index (Phi) is 4.96. The minimum absolute atomic E-state index is 0.0539. The number of morpholine rings is 1. The zero-order valence-corrected chi connectivity index (χ0v) is 14.2. The molecule has 2 aromatic rings. The SMILES string of the molecule is Cc1nc([C@@H]2CN([C@H](C)C(=O)N(C)Cc3ccco3)CCO2)n[nH]1. The number of furan rings is 1. The summed E-state index contributed by atoms with van der Waals surface area (Å²) >= 11 is 0. The predicted octanol–water partition coefficient (Wildman–Crippen LogP) is 1.13. The summed E-state index contributed by atoms with van der Waals surface area (Å²) in [6.07, 6.45) is 1.40. The number of ether oxygens (including phenoxy) is 1. The van der Waals surface area contributed by atoms with Gasteiger partial charge < -0.3 is 14.1 Å². The molecule has 0 radical (unpaired) electrons. The molecule has 8 nitrogen and oxygen atoms in total. The molecule has 8 heteroatoms. The number of aromatic nitrogens is 3. The zero-order chi connectivity index (χ0) is 17.1. The normalized spacial score (nSPS) is 20.0. The number of nitrogens with zero attached hydrogens (tertiary/aromatic N) is 4. The van der Waals surface area contributed by atoms with E-state index in [0.717, 1.165) is 11.6 Å². The monoisotopic (exact) mass is 333 g/mol. The fraction of sp³-hybridized carbons (Fsp3) is 0.562. The minimum atomic E-state index is -0.239. The van der Waals surface area contributed by atoms with Crippen LogP contribution in [0.1, 0.15) is 30.4 Å². The van der Waals surface area contributed by atoms with Crippen molar-refractivity contribution in [1.29, 1.82) is 0 Å². The van der Waals surface area contributed by atoms with E-state index in [2.05, 4.69) is 20.1 Å². The van der Waals surface area contributed by atoms with Gasteiger partial charge in [-0.2, -0.15) is 5.10 Å². The number of nitrogens with one attached hydrogen (secondary N) is 1. The Morgan fingerprint density at radius 2 is 2.42 bits per heavy atom. The molecule has 3 rings (SSSR count). The summed E-state index contributed by atoms with van der Waals surface area (Å²) in [6, 6.07) is 3.45. The zero-order valence-electron chi connectivity index (χ0n) is 14.2. The van der Waals surface area contributed by atoms with E-state index < -0.39 is 0 Å². The van der Waals surface area contributed by atoms with E-state index in [1.165, 1.54) is 0 Å². The van der Waals surface area contributed by atoms with Crippen LogP contribution in [-0.2, 0) is 16.1 Å². The van der Waals surface area contributed by atoms with Crippen molar-refractivity contribution in [3.8, 4) is 0 Å². The Balaban J connectivity index is 1.61. The van der Waals surface area contributed by atoms with Crippen LogP contribution in [0.4, 0.5) is 0 Å². The Bertz CT molecular complexity index is 669. The molecular weight excluding hydrogens is 310 g/mol. The molecule has 130 valence electrons. The molecule has 1 fully saturated rings. The van der Waals surface area contributed by atoms with E-state index in [1.807, 2.05) is 26.0 Å². The molecule has 24 heavy (non-hydrogen) atoms. The first-order valence-electron chi connectivity index (χ1n) is 8.06. The smallest absolute Gasteiger partial charge is 0.239 e. The van der Waals surface area contributed by atoms with Gasteiger partial charge in [0.05, 0.1) is 25.5 Å². The van der Waals surface area contributed by atoms with Gasteiger partial charge in [0, 0.05) is 20.1 Å². The van der Waals surface area contributed by atoms with Crippen LogP contribution in [0.2, 0.25) is 0 Å². The molecule has 1 aliphatic rings. The van der Waals surface area contributed by atoms with Crippen LogP contribution in [0.3, 0.4) is 0 Å². The first kappa shape index (κ1) is 16.7. The molecule has 1 aliphatic heterocycles. The lowest BCUT2D eigenvalue weighted by Crippen LogP contribution is -2.50. The molecule has 2 aromatic heterocycles. The maximum Gasteiger partial charge on any atom is 0.239 e. The summed E-state index contributed by atoms with van der Waals surface area (Å²) in [7, 11) is 1.79. The van der Waals surface area contributed by atoms with Crippen molar-refractivity contribution in [2.45, 2.75) is 32.5 Å². The van der Waals surface area contributed by atoms with Crippen molar-refractivity contribution in [2.24, 2.45) is 0 Å². The lowest BCUT2D eigenvalue weighted by molar-refractivity contribution is -0.139. The number of carbonyl (C=O) groups excluding carboxylic acids is 1. The molecule has 3 heterocycles. The summed E-state index contributed by atoms with van der Waals surface area (Å²) in [6.45, 7) is 6.10. The van der Waals surface area contributed by atoms with Gasteiger partial charge in [0.15, 0.2) is 5.82 Å². The van der Waals surface area contributed by atoms with Gasteiger partial charge in [-0.25, -0.2) is 4.98 Å². The number of aryl methyl sites for hydroxylation is 1. The first-order valence-corrected chi connectivity index (χ1v) is 8.06. The summed E-state index contributed by atoms with van der Waals surface area (Å²) < 4.78 is 11.1. The quantitative estimate of drug-likeness (QED) is 0.882. The molecule has 0 bridgehead atoms. The third-order valence-corrected chi connectivity index (χ3v) is 4.25. The van der Waals surface area contributed by atoms with E-state index >= 15 is 0 Å². The largest absolute Gasteiger partial charge is 0.467 e. The molecule has 0 spiro atoms. The molecule has 1 N–H and O–H groups in total. The highest BCUT2D eigenvalue weighted by molar-refractivity contribution is 5.81. The van der Waals surface area contributed by atoms with E-state index in [1.54, 1.807) is 18.2 Å². The fourth-order valence-electron chi connectivity index (χ4n) is 2.87. The molecule has 1 amide bonds. The standard InChI is InChI=1S/C16H23N5O3/c1-11(16(22)20(3)9-13-5-4-7-23-13)21-6-8-24-14(10-21)15-17-12(2)18-19-15/h4-5,7,11,14H,6,8-10H2,1-3H3,(H,17,18,19)/t11-,14+/m1/s1. The highest BCUT2D eigenvalue weighted by Gasteiger charge is 2.31. The van der Waals surface area contributed by atoms with Gasteiger partial charge in [-0.05, 0) is 26.0 Å². The average Bonchev–Trinajstić information content (AvgIpc) is 3.25. The molecular formula is C16H23N5O3. The van der Waals surface area contributed by atoms with Crippen LogP contribution in [0.15, 0.2) is 22.8 Å². The second-order valence-electron chi connectivity index (χ2n) is 6.08. The molecule has 0 aromatic carbocycles. The second kappa shape index (κ2) is 7.14. The minimum Gasteiger partial charge on any atom is -0.467 e. The van der Waals surface area contributed by atoms with Crippen molar-refractivity contribution in [3.05, 3.63) is 35.8 Å². The van der Waals surface area contributed by atoms with Crippen molar-refractivity contribution in [3.63, 3.8) is 0 Å². The van der Waals surface area contributed by atoms with E-state index in [4.69, 9.17) is 9.15 Å². The maximum atomic E-state index is 12.7. The van der Waals surface area contributed by atoms with Gasteiger partial charge in [-0.1, -0.05) is 0 Å². The van der Waals surface area contributed by atoms with Crippen LogP contribution in [0.5, 0.6) is 0 Å². The fourth-order valence-corrected chi connectivity index (χ4v) is 2.87. The third kappa shape index (κ3) is 3.65. The van der Waals surface area contributed by atoms with E-state index in [0.29, 0.717) is 32.1 Å². The number of carbonyl (C=O) groups is 1. The Hall–Kier alpha value is -2.19. The van der Waals surface area contributed by atoms with Gasteiger partial charge in [0.2, 0.25) is 5.91 Å². The topological polar surface area (TPSA) is 87.5 Å². The number of amides is 1. The van der Waals surface area contributed by atoms with Crippen LogP contribution >= 0.6 is 0 Å². The van der Waals surface area contributed by atoms with Crippen molar-refractivity contribution < 1.29 is 13.9 Å².